The fourth-order valence-electron chi connectivity index (χ4n) is 2.29. The van der Waals surface area contributed by atoms with E-state index >= 15 is 0 Å². The molecule has 2 rings (SSSR count). The summed E-state index contributed by atoms with van der Waals surface area (Å²) in [7, 11) is 1.62. The number of aryl methyl sites for hydroxylation is 1. The Morgan fingerprint density at radius 3 is 2.60 bits per heavy atom. The lowest BCUT2D eigenvalue weighted by Gasteiger charge is -2.08. The molecule has 2 aromatic rings. The molecule has 0 aliphatic carbocycles. The topological polar surface area (TPSA) is 47.6 Å². The lowest BCUT2D eigenvalue weighted by atomic mass is 10.1. The number of allylic oxidation sites excluding steroid dienone is 1. The smallest absolute Gasteiger partial charge is 0.187 e. The Kier molecular flexibility index (Phi) is 7.08. The van der Waals surface area contributed by atoms with Crippen molar-refractivity contribution >= 4 is 11.5 Å². The van der Waals surface area contributed by atoms with Crippen LogP contribution in [0.3, 0.4) is 0 Å². The van der Waals surface area contributed by atoms with E-state index in [1.165, 1.54) is 6.08 Å². The maximum absolute atomic E-state index is 12.2. The molecule has 1 N–H and O–H groups in total. The maximum Gasteiger partial charge on any atom is 0.187 e. The molecule has 4 heteroatoms. The van der Waals surface area contributed by atoms with Crippen LogP contribution < -0.4 is 14.8 Å². The molecule has 2 aromatic carbocycles. The molecule has 0 atom stereocenters. The average molecular weight is 339 g/mol. The van der Waals surface area contributed by atoms with Crippen molar-refractivity contribution in [3.8, 4) is 11.5 Å². The summed E-state index contributed by atoms with van der Waals surface area (Å²) >= 11 is 0. The molecule has 0 fully saturated rings. The van der Waals surface area contributed by atoms with E-state index in [1.807, 2.05) is 37.3 Å². The summed E-state index contributed by atoms with van der Waals surface area (Å²) in [4.78, 5) is 12.2. The zero-order valence-corrected chi connectivity index (χ0v) is 15.0. The molecule has 132 valence electrons. The van der Waals surface area contributed by atoms with Crippen LogP contribution in [0.2, 0.25) is 0 Å². The molecular weight excluding hydrogens is 314 g/mol. The monoisotopic (exact) mass is 339 g/mol. The number of rotatable bonds is 9. The van der Waals surface area contributed by atoms with Crippen molar-refractivity contribution in [3.05, 3.63) is 65.9 Å². The third-order valence-corrected chi connectivity index (χ3v) is 3.73. The minimum absolute atomic E-state index is 0.0702. The van der Waals surface area contributed by atoms with Crippen LogP contribution in [0, 0.1) is 6.92 Å². The number of benzene rings is 2. The van der Waals surface area contributed by atoms with Crippen molar-refractivity contribution in [2.45, 2.75) is 26.7 Å². The summed E-state index contributed by atoms with van der Waals surface area (Å²) in [6.07, 6.45) is 5.26. The minimum Gasteiger partial charge on any atom is -0.495 e. The second-order valence-electron chi connectivity index (χ2n) is 5.77. The molecule has 25 heavy (non-hydrogen) atoms. The van der Waals surface area contributed by atoms with Crippen LogP contribution in [-0.2, 0) is 0 Å². The second-order valence-corrected chi connectivity index (χ2v) is 5.77. The molecule has 0 saturated carbocycles. The summed E-state index contributed by atoms with van der Waals surface area (Å²) in [6, 6.07) is 13.0. The molecule has 0 heterocycles. The number of carbonyl (C=O) groups is 1. The molecule has 0 aliphatic rings. The molecule has 0 saturated heterocycles. The van der Waals surface area contributed by atoms with Gasteiger partial charge in [-0.15, -0.1) is 0 Å². The predicted octanol–water partition coefficient (Wildman–Crippen LogP) is 4.99. The van der Waals surface area contributed by atoms with Gasteiger partial charge >= 0.3 is 0 Å². The Morgan fingerprint density at radius 1 is 1.16 bits per heavy atom. The Bertz CT molecular complexity index is 720. The summed E-state index contributed by atoms with van der Waals surface area (Å²) in [5.74, 6) is 1.45. The van der Waals surface area contributed by atoms with Gasteiger partial charge in [0.15, 0.2) is 5.78 Å². The fraction of sp³-hybridized carbons (Fsp3) is 0.286. The third-order valence-electron chi connectivity index (χ3n) is 3.73. The van der Waals surface area contributed by atoms with Gasteiger partial charge in [-0.25, -0.2) is 0 Å². The van der Waals surface area contributed by atoms with Gasteiger partial charge in [0.05, 0.1) is 19.4 Å². The molecule has 0 amide bonds. The first-order chi connectivity index (χ1) is 12.1. The first-order valence-corrected chi connectivity index (χ1v) is 8.49. The van der Waals surface area contributed by atoms with Crippen LogP contribution in [-0.4, -0.2) is 19.5 Å². The van der Waals surface area contributed by atoms with E-state index in [0.29, 0.717) is 12.2 Å². The number of hydrogen-bond donors (Lipinski definition) is 1. The van der Waals surface area contributed by atoms with Gasteiger partial charge in [-0.1, -0.05) is 19.4 Å². The molecule has 0 bridgehead atoms. The van der Waals surface area contributed by atoms with Gasteiger partial charge in [0.1, 0.15) is 11.5 Å². The van der Waals surface area contributed by atoms with Crippen molar-refractivity contribution in [1.82, 2.24) is 0 Å². The highest BCUT2D eigenvalue weighted by molar-refractivity contribution is 6.04. The summed E-state index contributed by atoms with van der Waals surface area (Å²) in [5, 5.41) is 3.10. The van der Waals surface area contributed by atoms with Gasteiger partial charge in [-0.2, -0.15) is 0 Å². The Morgan fingerprint density at radius 2 is 1.92 bits per heavy atom. The number of carbonyl (C=O) groups excluding carboxylic acids is 1. The Balaban J connectivity index is 1.95. The maximum atomic E-state index is 12.2. The third kappa shape index (κ3) is 5.68. The van der Waals surface area contributed by atoms with Crippen molar-refractivity contribution < 1.29 is 14.3 Å². The van der Waals surface area contributed by atoms with Gasteiger partial charge in [-0.3, -0.25) is 4.79 Å². The Labute approximate surface area is 149 Å². The predicted molar refractivity (Wildman–Crippen MR) is 102 cm³/mol. The molecule has 0 aliphatic heterocycles. The SMILES string of the molecule is CCCCOc1ccc(C(=O)C=CNc2cc(C)ccc2OC)cc1. The van der Waals surface area contributed by atoms with E-state index in [9.17, 15) is 4.79 Å². The number of hydrogen-bond acceptors (Lipinski definition) is 4. The zero-order valence-electron chi connectivity index (χ0n) is 15.0. The number of methoxy groups -OCH3 is 1. The lowest BCUT2D eigenvalue weighted by molar-refractivity contribution is 0.104. The minimum atomic E-state index is -0.0702. The van der Waals surface area contributed by atoms with Gasteiger partial charge in [0.25, 0.3) is 0 Å². The highest BCUT2D eigenvalue weighted by atomic mass is 16.5. The van der Waals surface area contributed by atoms with Crippen LogP contribution in [0.4, 0.5) is 5.69 Å². The van der Waals surface area contributed by atoms with Gasteiger partial charge in [0.2, 0.25) is 0 Å². The lowest BCUT2D eigenvalue weighted by Crippen LogP contribution is -1.99. The van der Waals surface area contributed by atoms with Crippen molar-refractivity contribution in [2.24, 2.45) is 0 Å². The van der Waals surface area contributed by atoms with E-state index in [0.717, 1.165) is 35.6 Å². The number of ketones is 1. The van der Waals surface area contributed by atoms with Gasteiger partial charge in [-0.05, 0) is 55.3 Å². The molecule has 0 spiro atoms. The van der Waals surface area contributed by atoms with Gasteiger partial charge in [0, 0.05) is 17.8 Å². The largest absolute Gasteiger partial charge is 0.495 e. The van der Waals surface area contributed by atoms with Crippen molar-refractivity contribution in [1.29, 1.82) is 0 Å². The van der Waals surface area contributed by atoms with E-state index in [2.05, 4.69) is 12.2 Å². The van der Waals surface area contributed by atoms with Crippen LogP contribution in [0.5, 0.6) is 11.5 Å². The van der Waals surface area contributed by atoms with E-state index in [4.69, 9.17) is 9.47 Å². The van der Waals surface area contributed by atoms with Crippen molar-refractivity contribution in [3.63, 3.8) is 0 Å². The van der Waals surface area contributed by atoms with E-state index in [1.54, 1.807) is 25.4 Å². The van der Waals surface area contributed by atoms with Crippen LogP contribution in [0.25, 0.3) is 0 Å². The molecule has 0 aromatic heterocycles. The molecule has 4 nitrogen and oxygen atoms in total. The average Bonchev–Trinajstić information content (AvgIpc) is 2.62. The standard InChI is InChI=1S/C21H25NO3/c1-4-5-14-25-18-9-7-17(8-10-18)20(23)12-13-22-19-15-16(2)6-11-21(19)24-3/h6-13,15,22H,4-5,14H2,1-3H3. The Hall–Kier alpha value is -2.75. The normalized spacial score (nSPS) is 10.7. The van der Waals surface area contributed by atoms with Crippen LogP contribution in [0.1, 0.15) is 35.7 Å². The number of anilines is 1. The number of nitrogens with one attached hydrogen (secondary N) is 1. The number of unbranched alkanes of at least 4 members (excludes halogenated alkanes) is 1. The fourth-order valence-corrected chi connectivity index (χ4v) is 2.29. The summed E-state index contributed by atoms with van der Waals surface area (Å²) in [6.45, 7) is 4.83. The highest BCUT2D eigenvalue weighted by Gasteiger charge is 2.04. The first kappa shape index (κ1) is 18.6. The van der Waals surface area contributed by atoms with E-state index in [-0.39, 0.29) is 5.78 Å². The first-order valence-electron chi connectivity index (χ1n) is 8.49. The molecule has 0 radical (unpaired) electrons. The number of ether oxygens (including phenoxy) is 2. The second kappa shape index (κ2) is 9.52. The zero-order chi connectivity index (χ0) is 18.1. The summed E-state index contributed by atoms with van der Waals surface area (Å²) in [5.41, 5.74) is 2.56. The highest BCUT2D eigenvalue weighted by Crippen LogP contribution is 2.25. The van der Waals surface area contributed by atoms with Crippen molar-refractivity contribution in [2.75, 3.05) is 19.0 Å². The molecular formula is C21H25NO3. The summed E-state index contributed by atoms with van der Waals surface area (Å²) < 4.78 is 10.9. The molecule has 0 unspecified atom stereocenters. The quantitative estimate of drug-likeness (QED) is 0.397. The van der Waals surface area contributed by atoms with E-state index < -0.39 is 0 Å². The van der Waals surface area contributed by atoms with Gasteiger partial charge < -0.3 is 14.8 Å². The van der Waals surface area contributed by atoms with Crippen LogP contribution >= 0.6 is 0 Å². The van der Waals surface area contributed by atoms with Crippen LogP contribution in [0.15, 0.2) is 54.7 Å².